The normalized spacial score (nSPS) is 14.4. The summed E-state index contributed by atoms with van der Waals surface area (Å²) in [5.74, 6) is 0.771. The molecule has 9 heteroatoms. The number of hydrogen-bond acceptors (Lipinski definition) is 8. The summed E-state index contributed by atoms with van der Waals surface area (Å²) in [5, 5.41) is 19.3. The van der Waals surface area contributed by atoms with Gasteiger partial charge >= 0.3 is 6.09 Å². The molecule has 1 atom stereocenters. The Morgan fingerprint density at radius 3 is 2.86 bits per heavy atom. The predicted octanol–water partition coefficient (Wildman–Crippen LogP) is 5.22. The molecule has 0 aliphatic carbocycles. The molecule has 186 valence electrons. The van der Waals surface area contributed by atoms with Crippen LogP contribution >= 0.6 is 11.3 Å². The summed E-state index contributed by atoms with van der Waals surface area (Å²) in [6.07, 6.45) is 1.36. The first kappa shape index (κ1) is 24.0. The lowest BCUT2D eigenvalue weighted by Gasteiger charge is -2.29. The number of methoxy groups -OCH3 is 1. The summed E-state index contributed by atoms with van der Waals surface area (Å²) >= 11 is 1.70. The summed E-state index contributed by atoms with van der Waals surface area (Å²) in [5.41, 5.74) is 4.40. The molecule has 1 aliphatic heterocycles. The van der Waals surface area contributed by atoms with Gasteiger partial charge in [0.05, 0.1) is 32.6 Å². The van der Waals surface area contributed by atoms with Crippen LogP contribution in [-0.2, 0) is 16.0 Å². The summed E-state index contributed by atoms with van der Waals surface area (Å²) in [6.45, 7) is 5.80. The van der Waals surface area contributed by atoms with Crippen molar-refractivity contribution in [1.82, 2.24) is 15.5 Å². The number of ether oxygens (including phenoxy) is 2. The number of nitrogens with one attached hydrogen (secondary N) is 2. The number of carbonyl (C=O) groups is 1. The molecule has 8 nitrogen and oxygen atoms in total. The van der Waals surface area contributed by atoms with Crippen LogP contribution in [-0.4, -0.2) is 49.7 Å². The van der Waals surface area contributed by atoms with Gasteiger partial charge in [-0.05, 0) is 47.2 Å². The minimum absolute atomic E-state index is 0.0380. The summed E-state index contributed by atoms with van der Waals surface area (Å²) < 4.78 is 10.2. The Labute approximate surface area is 214 Å². The van der Waals surface area contributed by atoms with Crippen molar-refractivity contribution in [3.63, 3.8) is 0 Å². The molecular weight excluding hydrogens is 474 g/mol. The number of rotatable bonds is 7. The van der Waals surface area contributed by atoms with Crippen molar-refractivity contribution in [1.29, 1.82) is 0 Å². The summed E-state index contributed by atoms with van der Waals surface area (Å²) in [7, 11) is 1.37. The third-order valence-corrected chi connectivity index (χ3v) is 7.47. The predicted molar refractivity (Wildman–Crippen MR) is 144 cm³/mol. The van der Waals surface area contributed by atoms with Crippen LogP contribution in [0.15, 0.2) is 60.1 Å². The Balaban J connectivity index is 1.36. The van der Waals surface area contributed by atoms with E-state index in [9.17, 15) is 4.79 Å². The van der Waals surface area contributed by atoms with E-state index in [-0.39, 0.29) is 6.04 Å². The molecule has 0 radical (unpaired) electrons. The lowest BCUT2D eigenvalue weighted by atomic mass is 10.0. The maximum absolute atomic E-state index is 11.5. The van der Waals surface area contributed by atoms with Crippen molar-refractivity contribution in [3.05, 3.63) is 70.5 Å². The third kappa shape index (κ3) is 5.27. The monoisotopic (exact) mass is 503 g/mol. The zero-order chi connectivity index (χ0) is 24.9. The number of alkyl carbamates (subject to hydrolysis) is 1. The van der Waals surface area contributed by atoms with Crippen molar-refractivity contribution in [2.75, 3.05) is 43.6 Å². The summed E-state index contributed by atoms with van der Waals surface area (Å²) in [4.78, 5) is 15.1. The number of anilines is 2. The lowest BCUT2D eigenvalue weighted by Crippen LogP contribution is -2.36. The second-order valence-corrected chi connectivity index (χ2v) is 9.61. The van der Waals surface area contributed by atoms with Gasteiger partial charge < -0.3 is 25.0 Å². The molecule has 0 spiro atoms. The number of morpholine rings is 1. The largest absolute Gasteiger partial charge is 0.453 e. The highest BCUT2D eigenvalue weighted by molar-refractivity contribution is 7.10. The molecule has 0 saturated carbocycles. The van der Waals surface area contributed by atoms with E-state index >= 15 is 0 Å². The van der Waals surface area contributed by atoms with Crippen molar-refractivity contribution >= 4 is 39.7 Å². The minimum Gasteiger partial charge on any atom is -0.453 e. The van der Waals surface area contributed by atoms with E-state index in [1.54, 1.807) is 17.5 Å². The smallest absolute Gasteiger partial charge is 0.407 e. The van der Waals surface area contributed by atoms with E-state index in [4.69, 9.17) is 9.47 Å². The van der Waals surface area contributed by atoms with E-state index in [0.717, 1.165) is 59.6 Å². The average Bonchev–Trinajstić information content (AvgIpc) is 3.43. The standard InChI is InChI=1S/C27H29N5O3S/c1-18(25-13-21(17-36-25)23-6-4-3-5-19(23)15-28-27(33)34-2)30-26-24-14-22(32-9-11-35-12-10-32)8-7-20(24)16-29-31-26/h3-8,13-14,16-18H,9-12,15H2,1-2H3,(H,28,33)(H,30,31). The molecule has 2 N–H and O–H groups in total. The number of amides is 1. The third-order valence-electron chi connectivity index (χ3n) is 6.36. The van der Waals surface area contributed by atoms with Crippen molar-refractivity contribution < 1.29 is 14.3 Å². The van der Waals surface area contributed by atoms with Gasteiger partial charge in [0.15, 0.2) is 5.82 Å². The van der Waals surface area contributed by atoms with E-state index < -0.39 is 6.09 Å². The zero-order valence-corrected chi connectivity index (χ0v) is 21.2. The maximum atomic E-state index is 11.5. The molecule has 1 amide bonds. The van der Waals surface area contributed by atoms with E-state index in [1.807, 2.05) is 18.2 Å². The van der Waals surface area contributed by atoms with Crippen LogP contribution in [0, 0.1) is 0 Å². The fraction of sp³-hybridized carbons (Fsp3) is 0.296. The fourth-order valence-electron chi connectivity index (χ4n) is 4.38. The molecule has 2 aromatic carbocycles. The molecule has 1 fully saturated rings. The van der Waals surface area contributed by atoms with Gasteiger partial charge in [-0.25, -0.2) is 4.79 Å². The number of aromatic nitrogens is 2. The molecule has 5 rings (SSSR count). The Hall–Kier alpha value is -3.69. The molecule has 1 aliphatic rings. The van der Waals surface area contributed by atoms with Crippen LogP contribution in [0.5, 0.6) is 0 Å². The summed E-state index contributed by atoms with van der Waals surface area (Å²) in [6, 6.07) is 16.7. The van der Waals surface area contributed by atoms with Gasteiger partial charge in [0, 0.05) is 41.0 Å². The minimum atomic E-state index is -0.443. The Morgan fingerprint density at radius 2 is 2.03 bits per heavy atom. The van der Waals surface area contributed by atoms with Crippen LogP contribution in [0.1, 0.15) is 23.4 Å². The molecule has 2 aromatic heterocycles. The number of thiophene rings is 1. The van der Waals surface area contributed by atoms with Crippen LogP contribution in [0.2, 0.25) is 0 Å². The molecule has 1 unspecified atom stereocenters. The topological polar surface area (TPSA) is 88.6 Å². The zero-order valence-electron chi connectivity index (χ0n) is 20.4. The van der Waals surface area contributed by atoms with Gasteiger partial charge in [-0.2, -0.15) is 5.10 Å². The van der Waals surface area contributed by atoms with Crippen molar-refractivity contribution in [2.24, 2.45) is 0 Å². The number of carbonyl (C=O) groups excluding carboxylic acids is 1. The van der Waals surface area contributed by atoms with Gasteiger partial charge in [-0.1, -0.05) is 30.3 Å². The highest BCUT2D eigenvalue weighted by Gasteiger charge is 2.16. The molecule has 1 saturated heterocycles. The van der Waals surface area contributed by atoms with E-state index in [2.05, 4.69) is 68.4 Å². The first-order valence-corrected chi connectivity index (χ1v) is 12.8. The first-order valence-electron chi connectivity index (χ1n) is 12.0. The van der Waals surface area contributed by atoms with Crippen LogP contribution in [0.25, 0.3) is 21.9 Å². The van der Waals surface area contributed by atoms with Gasteiger partial charge in [-0.15, -0.1) is 16.4 Å². The maximum Gasteiger partial charge on any atom is 0.407 e. The number of hydrogen-bond donors (Lipinski definition) is 2. The lowest BCUT2D eigenvalue weighted by molar-refractivity contribution is 0.122. The highest BCUT2D eigenvalue weighted by Crippen LogP contribution is 2.34. The van der Waals surface area contributed by atoms with Gasteiger partial charge in [-0.3, -0.25) is 0 Å². The fourth-order valence-corrected chi connectivity index (χ4v) is 5.30. The van der Waals surface area contributed by atoms with Gasteiger partial charge in [0.25, 0.3) is 0 Å². The average molecular weight is 504 g/mol. The Kier molecular flexibility index (Phi) is 7.29. The van der Waals surface area contributed by atoms with E-state index in [1.165, 1.54) is 17.7 Å². The number of nitrogens with zero attached hydrogens (tertiary/aromatic N) is 3. The second kappa shape index (κ2) is 10.9. The Morgan fingerprint density at radius 1 is 1.19 bits per heavy atom. The van der Waals surface area contributed by atoms with Crippen LogP contribution < -0.4 is 15.5 Å². The molecular formula is C27H29N5O3S. The quantitative estimate of drug-likeness (QED) is 0.357. The molecule has 3 heterocycles. The second-order valence-electron chi connectivity index (χ2n) is 8.67. The van der Waals surface area contributed by atoms with Gasteiger partial charge in [0.2, 0.25) is 0 Å². The van der Waals surface area contributed by atoms with Crippen LogP contribution in [0.3, 0.4) is 0 Å². The molecule has 36 heavy (non-hydrogen) atoms. The highest BCUT2D eigenvalue weighted by atomic mass is 32.1. The van der Waals surface area contributed by atoms with Crippen molar-refractivity contribution in [3.8, 4) is 11.1 Å². The van der Waals surface area contributed by atoms with Gasteiger partial charge in [0.1, 0.15) is 0 Å². The first-order chi connectivity index (χ1) is 17.6. The molecule has 0 bridgehead atoms. The number of benzene rings is 2. The van der Waals surface area contributed by atoms with Crippen molar-refractivity contribution in [2.45, 2.75) is 19.5 Å². The molecule has 4 aromatic rings. The number of fused-ring (bicyclic) bond motifs is 1. The van der Waals surface area contributed by atoms with E-state index in [0.29, 0.717) is 6.54 Å². The van der Waals surface area contributed by atoms with Crippen LogP contribution in [0.4, 0.5) is 16.3 Å². The Bertz CT molecular complexity index is 1350. The SMILES string of the molecule is COC(=O)NCc1ccccc1-c1csc(C(C)Nc2nncc3ccc(N4CCOCC4)cc23)c1.